The molecule has 3 aromatic rings. The number of nitrogens with two attached hydrogens (primary N) is 2. The van der Waals surface area contributed by atoms with Crippen LogP contribution in [-0.2, 0) is 6.54 Å². The van der Waals surface area contributed by atoms with E-state index in [0.29, 0.717) is 43.6 Å². The lowest BCUT2D eigenvalue weighted by Gasteiger charge is -2.38. The highest BCUT2D eigenvalue weighted by Gasteiger charge is 2.41. The van der Waals surface area contributed by atoms with Crippen LogP contribution in [0.25, 0.3) is 0 Å². The fourth-order valence-electron chi connectivity index (χ4n) is 4.59. The summed E-state index contributed by atoms with van der Waals surface area (Å²) in [5.41, 5.74) is 11.6. The van der Waals surface area contributed by atoms with Gasteiger partial charge in [-0.3, -0.25) is 14.3 Å². The number of carbonyl (C=O) groups is 2. The number of hydrogen-bond acceptors (Lipinski definition) is 8. The molecule has 1 aromatic heterocycles. The van der Waals surface area contributed by atoms with Gasteiger partial charge in [0.15, 0.2) is 28.4 Å². The first-order valence-electron chi connectivity index (χ1n) is 12.6. The summed E-state index contributed by atoms with van der Waals surface area (Å²) in [5.74, 6) is -2.03. The molecule has 0 aliphatic carbocycles. The Labute approximate surface area is 243 Å². The molecule has 0 bridgehead atoms. The molecule has 0 saturated carbocycles. The lowest BCUT2D eigenvalue weighted by atomic mass is 9.88. The van der Waals surface area contributed by atoms with Gasteiger partial charge in [0.25, 0.3) is 5.91 Å². The summed E-state index contributed by atoms with van der Waals surface area (Å²) in [4.78, 5) is 40.1. The highest BCUT2D eigenvalue weighted by Crippen LogP contribution is 2.27. The molecule has 41 heavy (non-hydrogen) atoms. The average molecular weight is 602 g/mol. The van der Waals surface area contributed by atoms with Crippen LogP contribution in [0, 0.1) is 11.6 Å². The van der Waals surface area contributed by atoms with Crippen LogP contribution in [0.2, 0.25) is 5.15 Å². The van der Waals surface area contributed by atoms with E-state index in [0.717, 1.165) is 11.0 Å². The van der Waals surface area contributed by atoms with Crippen LogP contribution in [-0.4, -0.2) is 57.8 Å². The van der Waals surface area contributed by atoms with Crippen LogP contribution in [0.3, 0.4) is 0 Å². The summed E-state index contributed by atoms with van der Waals surface area (Å²) < 4.78 is 30.0. The zero-order valence-corrected chi connectivity index (χ0v) is 23.2. The Morgan fingerprint density at radius 2 is 1.90 bits per heavy atom. The van der Waals surface area contributed by atoms with Crippen molar-refractivity contribution in [1.82, 2.24) is 30.2 Å². The van der Waals surface area contributed by atoms with Gasteiger partial charge in [-0.25, -0.2) is 18.7 Å². The van der Waals surface area contributed by atoms with Crippen molar-refractivity contribution in [2.24, 2.45) is 4.99 Å². The van der Waals surface area contributed by atoms with Gasteiger partial charge in [-0.05, 0) is 49.1 Å². The Morgan fingerprint density at radius 1 is 1.12 bits per heavy atom. The number of aliphatic imine (C=N–C) groups is 1. The number of guanidine groups is 1. The summed E-state index contributed by atoms with van der Waals surface area (Å²) in [5, 5.41) is 6.24. The minimum absolute atomic E-state index is 0.0774. The average Bonchev–Trinajstić information content (AvgIpc) is 3.33. The van der Waals surface area contributed by atoms with Gasteiger partial charge in [-0.15, -0.1) is 0 Å². The molecule has 2 aromatic carbocycles. The second-order valence-corrected chi connectivity index (χ2v) is 11.0. The molecule has 0 radical (unpaired) electrons. The number of amides is 2. The quantitative estimate of drug-likeness (QED) is 0.265. The topological polar surface area (TPSA) is 164 Å². The van der Waals surface area contributed by atoms with Crippen molar-refractivity contribution in [3.8, 4) is 0 Å². The van der Waals surface area contributed by atoms with E-state index in [4.69, 9.17) is 23.1 Å². The fourth-order valence-corrected chi connectivity index (χ4v) is 5.44. The molecule has 0 atom stereocenters. The normalized spacial score (nSPS) is 17.0. The van der Waals surface area contributed by atoms with Gasteiger partial charge >= 0.3 is 5.91 Å². The highest BCUT2D eigenvalue weighted by atomic mass is 35.5. The predicted octanol–water partition coefficient (Wildman–Crippen LogP) is 2.73. The van der Waals surface area contributed by atoms with Crippen molar-refractivity contribution >= 4 is 53.0 Å². The number of benzene rings is 2. The third-order valence-corrected chi connectivity index (χ3v) is 7.91. The van der Waals surface area contributed by atoms with Crippen LogP contribution >= 0.6 is 23.5 Å². The first kappa shape index (κ1) is 28.5. The lowest BCUT2D eigenvalue weighted by molar-refractivity contribution is 0.0668. The Morgan fingerprint density at radius 3 is 2.66 bits per heavy atom. The molecule has 15 heteroatoms. The number of likely N-dealkylation sites (tertiary alicyclic amines) is 1. The molecule has 2 amide bonds. The number of aromatic nitrogens is 2. The molecule has 1 spiro atoms. The van der Waals surface area contributed by atoms with E-state index in [-0.39, 0.29) is 46.4 Å². The molecule has 214 valence electrons. The first-order chi connectivity index (χ1) is 19.6. The SMILES string of the molecule is Nc1nc(N)c(C(=O)/N=C2\NCC3(CCN(C(=O)c4cccc(SNCc5ccc(F)cc5F)c4)CC3)N2)nc1Cl. The van der Waals surface area contributed by atoms with Gasteiger partial charge in [-0.2, -0.15) is 4.99 Å². The van der Waals surface area contributed by atoms with E-state index in [2.05, 4.69) is 30.3 Å². The number of nitrogens with one attached hydrogen (secondary N) is 3. The number of nitrogen functional groups attached to an aromatic ring is 2. The molecule has 2 fully saturated rings. The second kappa shape index (κ2) is 11.8. The van der Waals surface area contributed by atoms with Gasteiger partial charge in [-0.1, -0.05) is 23.7 Å². The van der Waals surface area contributed by atoms with Gasteiger partial charge in [0.1, 0.15) is 11.6 Å². The van der Waals surface area contributed by atoms with Gasteiger partial charge < -0.3 is 27.0 Å². The molecule has 7 N–H and O–H groups in total. The predicted molar refractivity (Wildman–Crippen MR) is 152 cm³/mol. The largest absolute Gasteiger partial charge is 0.382 e. The molecule has 2 aliphatic rings. The van der Waals surface area contributed by atoms with Crippen molar-refractivity contribution in [2.45, 2.75) is 29.8 Å². The minimum Gasteiger partial charge on any atom is -0.382 e. The molecule has 11 nitrogen and oxygen atoms in total. The summed E-state index contributed by atoms with van der Waals surface area (Å²) in [6.45, 7) is 1.72. The monoisotopic (exact) mass is 601 g/mol. The van der Waals surface area contributed by atoms with E-state index in [1.807, 2.05) is 6.07 Å². The molecule has 2 aliphatic heterocycles. The van der Waals surface area contributed by atoms with Gasteiger partial charge in [0, 0.05) is 48.3 Å². The molecule has 2 saturated heterocycles. The van der Waals surface area contributed by atoms with Crippen LogP contribution < -0.4 is 26.8 Å². The van der Waals surface area contributed by atoms with Gasteiger partial charge in [0.2, 0.25) is 0 Å². The Hall–Kier alpha value is -4.01. The van der Waals surface area contributed by atoms with Crippen molar-refractivity contribution < 1.29 is 18.4 Å². The maximum Gasteiger partial charge on any atom is 0.302 e. The number of rotatable bonds is 6. The number of piperidine rings is 1. The van der Waals surface area contributed by atoms with Crippen LogP contribution in [0.4, 0.5) is 20.4 Å². The van der Waals surface area contributed by atoms with E-state index in [1.54, 1.807) is 23.1 Å². The summed E-state index contributed by atoms with van der Waals surface area (Å²) in [7, 11) is 0. The molecule has 0 unspecified atom stereocenters. The van der Waals surface area contributed by atoms with Crippen molar-refractivity contribution in [3.63, 3.8) is 0 Å². The number of carbonyl (C=O) groups excluding carboxylic acids is 2. The first-order valence-corrected chi connectivity index (χ1v) is 13.8. The smallest absolute Gasteiger partial charge is 0.302 e. The third-order valence-electron chi connectivity index (χ3n) is 6.86. The summed E-state index contributed by atoms with van der Waals surface area (Å²) >= 11 is 7.12. The molecule has 3 heterocycles. The van der Waals surface area contributed by atoms with Crippen LogP contribution in [0.1, 0.15) is 39.3 Å². The maximum atomic E-state index is 13.9. The molecule has 5 rings (SSSR count). The van der Waals surface area contributed by atoms with E-state index in [1.165, 1.54) is 24.1 Å². The number of nitrogens with zero attached hydrogens (tertiary/aromatic N) is 4. The van der Waals surface area contributed by atoms with Crippen molar-refractivity contribution in [2.75, 3.05) is 31.1 Å². The van der Waals surface area contributed by atoms with E-state index in [9.17, 15) is 18.4 Å². The Bertz CT molecular complexity index is 1530. The highest BCUT2D eigenvalue weighted by molar-refractivity contribution is 7.97. The minimum atomic E-state index is -0.716. The van der Waals surface area contributed by atoms with Crippen molar-refractivity contribution in [3.05, 3.63) is 76.1 Å². The molecular weight excluding hydrogens is 576 g/mol. The fraction of sp³-hybridized carbons (Fsp3) is 0.269. The summed E-state index contributed by atoms with van der Waals surface area (Å²) in [6, 6.07) is 10.6. The Kier molecular flexibility index (Phi) is 8.24. The van der Waals surface area contributed by atoms with E-state index >= 15 is 0 Å². The zero-order chi connectivity index (χ0) is 29.1. The maximum absolute atomic E-state index is 13.9. The van der Waals surface area contributed by atoms with E-state index < -0.39 is 17.5 Å². The van der Waals surface area contributed by atoms with Gasteiger partial charge in [0.05, 0.1) is 5.54 Å². The number of halogens is 3. The second-order valence-electron chi connectivity index (χ2n) is 9.64. The standard InChI is InChI=1S/C26H26ClF2N9O2S/c27-20-22(31)35-21(30)19(34-20)23(39)36-25-32-13-26(37-25)6-8-38(9-7-26)24(40)14-2-1-3-17(10-14)41-33-12-15-4-5-16(28)11-18(15)29/h1-5,10-11,33H,6-9,12-13H2,(H4,30,31,35)(H2,32,36,37,39). The summed E-state index contributed by atoms with van der Waals surface area (Å²) in [6.07, 6.45) is 1.27. The number of hydrogen-bond donors (Lipinski definition) is 5. The van der Waals surface area contributed by atoms with Crippen molar-refractivity contribution in [1.29, 1.82) is 0 Å². The molecular formula is C26H26ClF2N9O2S. The van der Waals surface area contributed by atoms with Crippen LogP contribution in [0.15, 0.2) is 52.4 Å². The Balaban J connectivity index is 1.15. The third kappa shape index (κ3) is 6.50. The van der Waals surface area contributed by atoms with Crippen LogP contribution in [0.5, 0.6) is 0 Å². The lowest BCUT2D eigenvalue weighted by Crippen LogP contribution is -2.53. The zero-order valence-electron chi connectivity index (χ0n) is 21.6. The number of anilines is 2.